The lowest BCUT2D eigenvalue weighted by Gasteiger charge is -1.96. The summed E-state index contributed by atoms with van der Waals surface area (Å²) in [7, 11) is 0. The van der Waals surface area contributed by atoms with Crippen molar-refractivity contribution in [3.63, 3.8) is 0 Å². The van der Waals surface area contributed by atoms with Gasteiger partial charge in [-0.05, 0) is 54.6 Å². The highest BCUT2D eigenvalue weighted by Crippen LogP contribution is 2.10. The molecule has 3 rings (SSSR count). The fourth-order valence-corrected chi connectivity index (χ4v) is 2.19. The highest BCUT2D eigenvalue weighted by molar-refractivity contribution is 7.80. The Balaban J connectivity index is 1.81. The molecule has 0 N–H and O–H groups in total. The summed E-state index contributed by atoms with van der Waals surface area (Å²) in [5.74, 6) is 11.4. The second-order valence-electron chi connectivity index (χ2n) is 5.11. The Morgan fingerprint density at radius 1 is 0.625 bits per heavy atom. The molecule has 0 bridgehead atoms. The number of hydrogen-bond donors (Lipinski definition) is 1. The van der Waals surface area contributed by atoms with E-state index in [-0.39, 0.29) is 5.82 Å². The molecule has 0 heterocycles. The van der Waals surface area contributed by atoms with Crippen molar-refractivity contribution in [2.45, 2.75) is 4.90 Å². The molecule has 3 aromatic carbocycles. The number of hydrogen-bond acceptors (Lipinski definition) is 1. The van der Waals surface area contributed by atoms with Gasteiger partial charge in [0.2, 0.25) is 0 Å². The van der Waals surface area contributed by atoms with Crippen LogP contribution in [0.15, 0.2) is 77.7 Å². The maximum Gasteiger partial charge on any atom is 0.140 e. The molecular weight excluding hydrogens is 315 g/mol. The third kappa shape index (κ3) is 4.29. The van der Waals surface area contributed by atoms with E-state index in [1.165, 1.54) is 6.07 Å². The van der Waals surface area contributed by atoms with Gasteiger partial charge in [-0.3, -0.25) is 0 Å². The molecule has 114 valence electrons. The molecule has 0 saturated heterocycles. The van der Waals surface area contributed by atoms with Gasteiger partial charge in [0, 0.05) is 21.6 Å². The van der Waals surface area contributed by atoms with Gasteiger partial charge < -0.3 is 0 Å². The Hall–Kier alpha value is -2.94. The second-order valence-corrected chi connectivity index (χ2v) is 5.62. The summed E-state index contributed by atoms with van der Waals surface area (Å²) in [6, 6.07) is 21.9. The molecule has 0 aliphatic carbocycles. The number of halogens is 1. The van der Waals surface area contributed by atoms with E-state index in [9.17, 15) is 4.39 Å². The molecule has 0 atom stereocenters. The second kappa shape index (κ2) is 7.55. The normalized spacial score (nSPS) is 9.42. The predicted octanol–water partition coefficient (Wildman–Crippen LogP) is 4.91. The van der Waals surface area contributed by atoms with Crippen LogP contribution in [0.3, 0.4) is 0 Å². The van der Waals surface area contributed by atoms with Crippen LogP contribution < -0.4 is 0 Å². The average Bonchev–Trinajstić information content (AvgIpc) is 2.61. The molecule has 0 amide bonds. The molecule has 0 spiro atoms. The van der Waals surface area contributed by atoms with Crippen LogP contribution >= 0.6 is 12.6 Å². The molecule has 0 saturated carbocycles. The van der Waals surface area contributed by atoms with Crippen LogP contribution in [-0.4, -0.2) is 0 Å². The Morgan fingerprint density at radius 2 is 1.21 bits per heavy atom. The first kappa shape index (κ1) is 15.9. The zero-order valence-corrected chi connectivity index (χ0v) is 13.6. The van der Waals surface area contributed by atoms with Crippen LogP contribution in [0.25, 0.3) is 0 Å². The standard InChI is InChI=1S/C22H13FS/c23-22-16-19(7-6-17-4-2-1-3-5-17)9-13-20(22)12-8-18-10-14-21(24)15-11-18/h1-5,9-11,13-16,24H. The first-order valence-electron chi connectivity index (χ1n) is 7.38. The van der Waals surface area contributed by atoms with E-state index in [0.717, 1.165) is 16.0 Å². The van der Waals surface area contributed by atoms with E-state index >= 15 is 0 Å². The summed E-state index contributed by atoms with van der Waals surface area (Å²) < 4.78 is 14.2. The van der Waals surface area contributed by atoms with E-state index < -0.39 is 0 Å². The van der Waals surface area contributed by atoms with Gasteiger partial charge in [0.05, 0.1) is 5.56 Å². The van der Waals surface area contributed by atoms with Crippen LogP contribution in [0.1, 0.15) is 22.3 Å². The van der Waals surface area contributed by atoms with E-state index in [1.807, 2.05) is 54.6 Å². The highest BCUT2D eigenvalue weighted by atomic mass is 32.1. The first-order valence-corrected chi connectivity index (χ1v) is 7.83. The third-order valence-corrected chi connectivity index (χ3v) is 3.60. The van der Waals surface area contributed by atoms with Crippen molar-refractivity contribution in [2.75, 3.05) is 0 Å². The molecule has 0 aliphatic heterocycles. The van der Waals surface area contributed by atoms with Gasteiger partial charge in [0.15, 0.2) is 0 Å². The summed E-state index contributed by atoms with van der Waals surface area (Å²) in [6.07, 6.45) is 0. The minimum atomic E-state index is -0.367. The summed E-state index contributed by atoms with van der Waals surface area (Å²) in [4.78, 5) is 0.869. The summed E-state index contributed by atoms with van der Waals surface area (Å²) in [5, 5.41) is 0. The molecule has 2 heteroatoms. The van der Waals surface area contributed by atoms with E-state index in [2.05, 4.69) is 36.3 Å². The van der Waals surface area contributed by atoms with Gasteiger partial charge >= 0.3 is 0 Å². The minimum absolute atomic E-state index is 0.357. The van der Waals surface area contributed by atoms with Crippen LogP contribution in [0.4, 0.5) is 4.39 Å². The minimum Gasteiger partial charge on any atom is -0.206 e. The monoisotopic (exact) mass is 328 g/mol. The largest absolute Gasteiger partial charge is 0.206 e. The van der Waals surface area contributed by atoms with Crippen LogP contribution in [0, 0.1) is 29.5 Å². The lowest BCUT2D eigenvalue weighted by molar-refractivity contribution is 0.624. The molecule has 0 nitrogen and oxygen atoms in total. The van der Waals surface area contributed by atoms with Gasteiger partial charge in [0.25, 0.3) is 0 Å². The van der Waals surface area contributed by atoms with Crippen molar-refractivity contribution in [3.8, 4) is 23.7 Å². The molecule has 3 aromatic rings. The third-order valence-electron chi connectivity index (χ3n) is 3.30. The maximum atomic E-state index is 14.2. The van der Waals surface area contributed by atoms with Gasteiger partial charge in [0.1, 0.15) is 5.82 Å². The van der Waals surface area contributed by atoms with Crippen molar-refractivity contribution in [1.29, 1.82) is 0 Å². The van der Waals surface area contributed by atoms with Crippen LogP contribution in [-0.2, 0) is 0 Å². The van der Waals surface area contributed by atoms with Gasteiger partial charge in [-0.1, -0.05) is 41.9 Å². The zero-order chi connectivity index (χ0) is 16.8. The number of thiol groups is 1. The zero-order valence-electron chi connectivity index (χ0n) is 12.8. The first-order chi connectivity index (χ1) is 11.7. The van der Waals surface area contributed by atoms with E-state index in [0.29, 0.717) is 11.1 Å². The number of rotatable bonds is 0. The van der Waals surface area contributed by atoms with Crippen molar-refractivity contribution in [3.05, 3.63) is 101 Å². The summed E-state index contributed by atoms with van der Waals surface area (Å²) in [6.45, 7) is 0. The molecular formula is C22H13FS. The Kier molecular flexibility index (Phi) is 5.02. The SMILES string of the molecule is Fc1cc(C#Cc2ccccc2)ccc1C#Cc1ccc(S)cc1. The predicted molar refractivity (Wildman–Crippen MR) is 98.5 cm³/mol. The maximum absolute atomic E-state index is 14.2. The molecule has 0 aromatic heterocycles. The van der Waals surface area contributed by atoms with Crippen molar-refractivity contribution in [2.24, 2.45) is 0 Å². The fraction of sp³-hybridized carbons (Fsp3) is 0. The lowest BCUT2D eigenvalue weighted by atomic mass is 10.1. The Morgan fingerprint density at radius 3 is 1.92 bits per heavy atom. The van der Waals surface area contributed by atoms with Gasteiger partial charge in [-0.15, -0.1) is 12.6 Å². The Labute approximate surface area is 146 Å². The molecule has 0 fully saturated rings. The molecule has 24 heavy (non-hydrogen) atoms. The fourth-order valence-electron chi connectivity index (χ4n) is 2.04. The summed E-state index contributed by atoms with van der Waals surface area (Å²) in [5.41, 5.74) is 2.70. The smallest absolute Gasteiger partial charge is 0.140 e. The van der Waals surface area contributed by atoms with Crippen LogP contribution in [0.5, 0.6) is 0 Å². The lowest BCUT2D eigenvalue weighted by Crippen LogP contribution is -1.86. The van der Waals surface area contributed by atoms with Gasteiger partial charge in [-0.2, -0.15) is 0 Å². The van der Waals surface area contributed by atoms with Crippen LogP contribution in [0.2, 0.25) is 0 Å². The van der Waals surface area contributed by atoms with Crippen molar-refractivity contribution in [1.82, 2.24) is 0 Å². The molecule has 0 unspecified atom stereocenters. The van der Waals surface area contributed by atoms with Gasteiger partial charge in [-0.25, -0.2) is 4.39 Å². The molecule has 0 aliphatic rings. The summed E-state index contributed by atoms with van der Waals surface area (Å²) >= 11 is 4.22. The van der Waals surface area contributed by atoms with E-state index in [1.54, 1.807) is 12.1 Å². The Bertz CT molecular complexity index is 966. The quantitative estimate of drug-likeness (QED) is 0.440. The number of benzene rings is 3. The van der Waals surface area contributed by atoms with E-state index in [4.69, 9.17) is 0 Å². The average molecular weight is 328 g/mol. The van der Waals surface area contributed by atoms with Crippen molar-refractivity contribution < 1.29 is 4.39 Å². The molecule has 0 radical (unpaired) electrons. The topological polar surface area (TPSA) is 0 Å². The highest BCUT2D eigenvalue weighted by Gasteiger charge is 1.99. The van der Waals surface area contributed by atoms with Crippen molar-refractivity contribution >= 4 is 12.6 Å².